The predicted molar refractivity (Wildman–Crippen MR) is 162 cm³/mol. The maximum Gasteiger partial charge on any atom is 0.410 e. The highest BCUT2D eigenvalue weighted by molar-refractivity contribution is 5.96. The van der Waals surface area contributed by atoms with Crippen LogP contribution in [0.15, 0.2) is 6.33 Å². The van der Waals surface area contributed by atoms with Gasteiger partial charge in [0.2, 0.25) is 0 Å². The third-order valence-corrected chi connectivity index (χ3v) is 11.1. The van der Waals surface area contributed by atoms with Crippen molar-refractivity contribution < 1.29 is 19.1 Å². The van der Waals surface area contributed by atoms with Crippen LogP contribution in [0.25, 0.3) is 0 Å². The van der Waals surface area contributed by atoms with E-state index in [1.807, 2.05) is 30.8 Å². The van der Waals surface area contributed by atoms with Crippen molar-refractivity contribution in [2.45, 2.75) is 116 Å². The Morgan fingerprint density at radius 1 is 1.07 bits per heavy atom. The second-order valence-electron chi connectivity index (χ2n) is 13.8. The van der Waals surface area contributed by atoms with E-state index in [-0.39, 0.29) is 23.1 Å². The average Bonchev–Trinajstić information content (AvgIpc) is 2.98. The lowest BCUT2D eigenvalue weighted by Gasteiger charge is -2.55. The first-order chi connectivity index (χ1) is 20.2. The molecule has 42 heavy (non-hydrogen) atoms. The molecule has 9 nitrogen and oxygen atoms in total. The Kier molecular flexibility index (Phi) is 9.77. The maximum absolute atomic E-state index is 13.4. The second-order valence-corrected chi connectivity index (χ2v) is 13.8. The Morgan fingerprint density at radius 3 is 2.40 bits per heavy atom. The van der Waals surface area contributed by atoms with Gasteiger partial charge in [0.15, 0.2) is 0 Å². The van der Waals surface area contributed by atoms with Gasteiger partial charge in [0, 0.05) is 70.7 Å². The summed E-state index contributed by atoms with van der Waals surface area (Å²) in [5.41, 5.74) is 1.83. The molecule has 2 amide bonds. The van der Waals surface area contributed by atoms with Crippen LogP contribution in [0.4, 0.5) is 4.79 Å². The number of piperidine rings is 2. The van der Waals surface area contributed by atoms with Gasteiger partial charge in [-0.05, 0) is 65.2 Å². The SMILES string of the molecule is CCCCC1CN(CC2CCC[C@H](OC)C2)C(=O)OC12CCN(C1(C)CCN(C(=O)c3c(C)ncnc3C)CC1)CC2. The standard InChI is InChI=1S/C33H53N5O4/c1-6-7-10-27-22-37(21-26-9-8-11-28(20-26)41-5)31(40)42-33(27)14-18-38(19-15-33)32(4)12-16-36(17-13-32)30(39)29-24(2)34-23-35-25(29)3/h23,26-28H,6-22H2,1-5H3/t26?,27?,28-/m0/s1. The van der Waals surface area contributed by atoms with Gasteiger partial charge in [-0.1, -0.05) is 26.2 Å². The molecule has 1 spiro atoms. The van der Waals surface area contributed by atoms with Gasteiger partial charge in [0.05, 0.1) is 23.1 Å². The van der Waals surface area contributed by atoms with Crippen LogP contribution in [0.3, 0.4) is 0 Å². The number of carbonyl (C=O) groups excluding carboxylic acids is 2. The van der Waals surface area contributed by atoms with Crippen LogP contribution in [0, 0.1) is 25.7 Å². The van der Waals surface area contributed by atoms with Crippen molar-refractivity contribution in [2.24, 2.45) is 11.8 Å². The molecule has 5 rings (SSSR count). The van der Waals surface area contributed by atoms with Crippen molar-refractivity contribution in [3.8, 4) is 0 Å². The number of aryl methyl sites for hydroxylation is 2. The van der Waals surface area contributed by atoms with E-state index in [0.29, 0.717) is 23.5 Å². The van der Waals surface area contributed by atoms with Crippen LogP contribution in [-0.4, -0.2) is 100 Å². The Labute approximate surface area is 252 Å². The van der Waals surface area contributed by atoms with Crippen LogP contribution < -0.4 is 0 Å². The molecule has 0 bridgehead atoms. The van der Waals surface area contributed by atoms with E-state index < -0.39 is 0 Å². The summed E-state index contributed by atoms with van der Waals surface area (Å²) in [6.07, 6.45) is 13.4. The summed E-state index contributed by atoms with van der Waals surface area (Å²) in [4.78, 5) is 41.9. The minimum Gasteiger partial charge on any atom is -0.442 e. The third kappa shape index (κ3) is 6.47. The minimum atomic E-state index is -0.351. The molecule has 4 fully saturated rings. The Bertz CT molecular complexity index is 1080. The molecule has 4 aliphatic rings. The second kappa shape index (κ2) is 13.2. The van der Waals surface area contributed by atoms with Crippen LogP contribution in [-0.2, 0) is 9.47 Å². The number of aromatic nitrogens is 2. The number of unbranched alkanes of at least 4 members (excludes halogenated alkanes) is 1. The molecule has 2 unspecified atom stereocenters. The fourth-order valence-electron chi connectivity index (χ4n) is 8.22. The molecule has 0 radical (unpaired) electrons. The van der Waals surface area contributed by atoms with E-state index in [1.165, 1.54) is 25.6 Å². The molecule has 3 saturated heterocycles. The van der Waals surface area contributed by atoms with Gasteiger partial charge in [-0.15, -0.1) is 0 Å². The molecule has 3 aliphatic heterocycles. The first-order valence-corrected chi connectivity index (χ1v) is 16.5. The number of nitrogens with zero attached hydrogens (tertiary/aromatic N) is 5. The molecule has 1 aliphatic carbocycles. The van der Waals surface area contributed by atoms with Crippen molar-refractivity contribution in [3.05, 3.63) is 23.3 Å². The highest BCUT2D eigenvalue weighted by Gasteiger charge is 2.51. The van der Waals surface area contributed by atoms with E-state index in [1.54, 1.807) is 0 Å². The average molecular weight is 584 g/mol. The number of methoxy groups -OCH3 is 1. The highest BCUT2D eigenvalue weighted by atomic mass is 16.6. The summed E-state index contributed by atoms with van der Waals surface area (Å²) >= 11 is 0. The minimum absolute atomic E-state index is 0.0398. The van der Waals surface area contributed by atoms with Gasteiger partial charge in [-0.3, -0.25) is 9.69 Å². The Balaban J connectivity index is 1.19. The number of rotatable bonds is 8. The van der Waals surface area contributed by atoms with E-state index in [9.17, 15) is 9.59 Å². The molecular weight excluding hydrogens is 530 g/mol. The molecule has 4 heterocycles. The Hall–Kier alpha value is -2.26. The number of ether oxygens (including phenoxy) is 2. The monoisotopic (exact) mass is 583 g/mol. The summed E-state index contributed by atoms with van der Waals surface area (Å²) in [6, 6.07) is 0. The van der Waals surface area contributed by atoms with Crippen LogP contribution >= 0.6 is 0 Å². The van der Waals surface area contributed by atoms with Gasteiger partial charge in [0.1, 0.15) is 11.9 Å². The maximum atomic E-state index is 13.4. The normalized spacial score (nSPS) is 28.1. The van der Waals surface area contributed by atoms with Gasteiger partial charge < -0.3 is 19.3 Å². The molecule has 0 aromatic carbocycles. The van der Waals surface area contributed by atoms with Crippen molar-refractivity contribution in [1.29, 1.82) is 0 Å². The van der Waals surface area contributed by atoms with Crippen LogP contribution in [0.2, 0.25) is 0 Å². The number of amides is 2. The van der Waals surface area contributed by atoms with Crippen molar-refractivity contribution >= 4 is 12.0 Å². The topological polar surface area (TPSA) is 88.1 Å². The third-order valence-electron chi connectivity index (χ3n) is 11.1. The molecule has 234 valence electrons. The zero-order valence-electron chi connectivity index (χ0n) is 26.7. The fourth-order valence-corrected chi connectivity index (χ4v) is 8.22. The quantitative estimate of drug-likeness (QED) is 0.406. The first kappa shape index (κ1) is 31.2. The zero-order chi connectivity index (χ0) is 29.9. The van der Waals surface area contributed by atoms with Gasteiger partial charge >= 0.3 is 6.09 Å². The van der Waals surface area contributed by atoms with Crippen molar-refractivity contribution in [1.82, 2.24) is 24.7 Å². The summed E-state index contributed by atoms with van der Waals surface area (Å²) in [6.45, 7) is 13.3. The lowest BCUT2D eigenvalue weighted by atomic mass is 9.74. The number of likely N-dealkylation sites (tertiary alicyclic amines) is 2. The number of carbonyl (C=O) groups is 2. The van der Waals surface area contributed by atoms with Crippen LogP contribution in [0.1, 0.15) is 106 Å². The fraction of sp³-hybridized carbons (Fsp3) is 0.818. The molecule has 9 heteroatoms. The van der Waals surface area contributed by atoms with Gasteiger partial charge in [-0.2, -0.15) is 0 Å². The molecule has 1 saturated carbocycles. The van der Waals surface area contributed by atoms with E-state index >= 15 is 0 Å². The highest BCUT2D eigenvalue weighted by Crippen LogP contribution is 2.44. The first-order valence-electron chi connectivity index (χ1n) is 16.5. The van der Waals surface area contributed by atoms with E-state index in [0.717, 1.165) is 102 Å². The van der Waals surface area contributed by atoms with Crippen LogP contribution in [0.5, 0.6) is 0 Å². The lowest BCUT2D eigenvalue weighted by Crippen LogP contribution is -2.64. The smallest absolute Gasteiger partial charge is 0.410 e. The predicted octanol–water partition coefficient (Wildman–Crippen LogP) is 5.39. The van der Waals surface area contributed by atoms with Crippen molar-refractivity contribution in [3.63, 3.8) is 0 Å². The molecular formula is C33H53N5O4. The largest absolute Gasteiger partial charge is 0.442 e. The zero-order valence-corrected chi connectivity index (χ0v) is 26.7. The van der Waals surface area contributed by atoms with Crippen molar-refractivity contribution in [2.75, 3.05) is 46.4 Å². The molecule has 0 N–H and O–H groups in total. The summed E-state index contributed by atoms with van der Waals surface area (Å²) < 4.78 is 12.1. The molecule has 1 aromatic rings. The molecule has 3 atom stereocenters. The summed E-state index contributed by atoms with van der Waals surface area (Å²) in [5.74, 6) is 0.929. The lowest BCUT2D eigenvalue weighted by molar-refractivity contribution is -0.135. The van der Waals surface area contributed by atoms with Gasteiger partial charge in [-0.25, -0.2) is 14.8 Å². The summed E-state index contributed by atoms with van der Waals surface area (Å²) in [7, 11) is 1.81. The van der Waals surface area contributed by atoms with Gasteiger partial charge in [0.25, 0.3) is 5.91 Å². The van der Waals surface area contributed by atoms with E-state index in [2.05, 4.69) is 28.7 Å². The Morgan fingerprint density at radius 2 is 1.76 bits per heavy atom. The summed E-state index contributed by atoms with van der Waals surface area (Å²) in [5, 5.41) is 0. The van der Waals surface area contributed by atoms with E-state index in [4.69, 9.17) is 9.47 Å². The molecule has 1 aromatic heterocycles. The number of hydrogen-bond donors (Lipinski definition) is 0. The number of hydrogen-bond acceptors (Lipinski definition) is 7.